The first-order valence-corrected chi connectivity index (χ1v) is 11.7. The first kappa shape index (κ1) is 31.6. The number of hydrogen-bond acceptors (Lipinski definition) is 11. The van der Waals surface area contributed by atoms with Crippen molar-refractivity contribution in [1.82, 2.24) is 14.7 Å². The zero-order chi connectivity index (χ0) is 27.1. The Hall–Kier alpha value is -2.40. The van der Waals surface area contributed by atoms with Crippen LogP contribution in [0.25, 0.3) is 0 Å². The van der Waals surface area contributed by atoms with Crippen molar-refractivity contribution >= 4 is 23.9 Å². The summed E-state index contributed by atoms with van der Waals surface area (Å²) in [5.41, 5.74) is 0. The van der Waals surface area contributed by atoms with Crippen molar-refractivity contribution in [3.05, 3.63) is 0 Å². The maximum absolute atomic E-state index is 11.9. The lowest BCUT2D eigenvalue weighted by Crippen LogP contribution is -2.53. The second-order valence-electron chi connectivity index (χ2n) is 8.64. The van der Waals surface area contributed by atoms with Gasteiger partial charge in [0.2, 0.25) is 0 Å². The van der Waals surface area contributed by atoms with Gasteiger partial charge in [-0.25, -0.2) is 9.78 Å². The van der Waals surface area contributed by atoms with Gasteiger partial charge in [0.25, 0.3) is 0 Å². The molecule has 3 unspecified atom stereocenters. The quantitative estimate of drug-likeness (QED) is 0.127. The van der Waals surface area contributed by atoms with E-state index < -0.39 is 48.8 Å². The summed E-state index contributed by atoms with van der Waals surface area (Å²) < 4.78 is 0. The molecular weight excluding hydrogens is 486 g/mol. The Bertz CT molecular complexity index is 710. The number of rotatable bonds is 14. The Morgan fingerprint density at radius 3 is 1.50 bits per heavy atom. The molecule has 0 aliphatic carbocycles. The first-order chi connectivity index (χ1) is 17.1. The Kier molecular flexibility index (Phi) is 15.0. The van der Waals surface area contributed by atoms with Gasteiger partial charge in [-0.15, -0.1) is 0 Å². The largest absolute Gasteiger partial charge is 0.481 e. The highest BCUT2D eigenvalue weighted by molar-refractivity contribution is 5.81. The smallest absolute Gasteiger partial charge is 0.321 e. The molecule has 1 aliphatic heterocycles. The molecule has 208 valence electrons. The predicted octanol–water partition coefficient (Wildman–Crippen LogP) is -0.330. The van der Waals surface area contributed by atoms with Gasteiger partial charge in [0.1, 0.15) is 12.1 Å². The van der Waals surface area contributed by atoms with Crippen molar-refractivity contribution in [3.8, 4) is 0 Å². The van der Waals surface area contributed by atoms with E-state index in [1.165, 1.54) is 9.80 Å². The van der Waals surface area contributed by atoms with E-state index >= 15 is 0 Å². The molecule has 0 amide bonds. The average Bonchev–Trinajstić information content (AvgIpc) is 2.79. The van der Waals surface area contributed by atoms with Gasteiger partial charge in [-0.2, -0.15) is 0 Å². The molecule has 0 aromatic rings. The van der Waals surface area contributed by atoms with Gasteiger partial charge in [-0.3, -0.25) is 44.4 Å². The average molecular weight is 524 g/mol. The summed E-state index contributed by atoms with van der Waals surface area (Å²) in [7, 11) is 0. The molecule has 1 rings (SSSR count). The zero-order valence-corrected chi connectivity index (χ0v) is 20.1. The Labute approximate surface area is 208 Å². The van der Waals surface area contributed by atoms with Crippen molar-refractivity contribution in [2.75, 3.05) is 52.5 Å². The third kappa shape index (κ3) is 11.6. The van der Waals surface area contributed by atoms with Gasteiger partial charge in [0.15, 0.2) is 0 Å². The molecule has 6 N–H and O–H groups in total. The maximum Gasteiger partial charge on any atom is 0.321 e. The van der Waals surface area contributed by atoms with E-state index in [0.717, 1.165) is 0 Å². The molecule has 0 aromatic carbocycles. The van der Waals surface area contributed by atoms with Crippen LogP contribution in [0.5, 0.6) is 0 Å². The van der Waals surface area contributed by atoms with E-state index in [4.69, 9.17) is 15.6 Å². The van der Waals surface area contributed by atoms with Crippen LogP contribution < -0.4 is 0 Å². The van der Waals surface area contributed by atoms with E-state index in [-0.39, 0.29) is 52.0 Å². The van der Waals surface area contributed by atoms with E-state index in [2.05, 4.69) is 9.78 Å². The highest BCUT2D eigenvalue weighted by Crippen LogP contribution is 2.15. The zero-order valence-electron chi connectivity index (χ0n) is 20.1. The number of aliphatic carboxylic acids is 4. The molecule has 0 aromatic heterocycles. The molecule has 1 fully saturated rings. The third-order valence-corrected chi connectivity index (χ3v) is 6.25. The topological polar surface area (TPSA) is 218 Å². The van der Waals surface area contributed by atoms with Gasteiger partial charge in [0, 0.05) is 32.2 Å². The van der Waals surface area contributed by atoms with Crippen LogP contribution in [0.2, 0.25) is 0 Å². The van der Waals surface area contributed by atoms with Crippen molar-refractivity contribution in [3.63, 3.8) is 0 Å². The third-order valence-electron chi connectivity index (χ3n) is 6.25. The molecule has 1 saturated heterocycles. The summed E-state index contributed by atoms with van der Waals surface area (Å²) >= 11 is 0. The van der Waals surface area contributed by atoms with Crippen LogP contribution in [-0.4, -0.2) is 140 Å². The maximum atomic E-state index is 11.9. The molecule has 0 radical (unpaired) electrons. The van der Waals surface area contributed by atoms with Crippen LogP contribution in [-0.2, 0) is 29.0 Å². The number of carboxylic acid groups (broad SMARTS) is 4. The molecule has 1 aliphatic rings. The summed E-state index contributed by atoms with van der Waals surface area (Å²) in [6.07, 6.45) is 0.887. The molecule has 0 bridgehead atoms. The SMILES string of the molecule is O=C(O)CC(C(=O)O)N1CCCCCN(C(CCOO)COO)CCN(C(CC(=O)O)C(=O)O)CC1. The van der Waals surface area contributed by atoms with Crippen LogP contribution in [0, 0.1) is 0 Å². The van der Waals surface area contributed by atoms with Crippen LogP contribution >= 0.6 is 0 Å². The van der Waals surface area contributed by atoms with Gasteiger partial charge in [-0.1, -0.05) is 6.42 Å². The highest BCUT2D eigenvalue weighted by atomic mass is 17.1. The number of hydrogen-bond donors (Lipinski definition) is 6. The van der Waals surface area contributed by atoms with Gasteiger partial charge < -0.3 is 20.4 Å². The number of nitrogens with zero attached hydrogens (tertiary/aromatic N) is 3. The Balaban J connectivity index is 3.21. The summed E-state index contributed by atoms with van der Waals surface area (Å²) in [5, 5.41) is 55.5. The van der Waals surface area contributed by atoms with Crippen molar-refractivity contribution in [1.29, 1.82) is 0 Å². The minimum Gasteiger partial charge on any atom is -0.481 e. The van der Waals surface area contributed by atoms with Gasteiger partial charge in [-0.05, 0) is 32.4 Å². The standard InChI is InChI=1S/C21H37N3O12/c25-18(26)12-16(20(29)30)23-6-3-1-2-5-22(15(14-36-34)4-11-35-33)7-8-24(10-9-23)17(21(31)32)13-19(27)28/h15-17,33-34H,1-14H2,(H,25,26)(H,27,28)(H,29,30)(H,31,32). The summed E-state index contributed by atoms with van der Waals surface area (Å²) in [6.45, 7) is 1.01. The number of carbonyl (C=O) groups is 4. The van der Waals surface area contributed by atoms with Gasteiger partial charge in [0.05, 0.1) is 26.1 Å². The number of carboxylic acids is 4. The first-order valence-electron chi connectivity index (χ1n) is 11.7. The molecule has 0 saturated carbocycles. The summed E-state index contributed by atoms with van der Waals surface area (Å²) in [6, 6.07) is -3.08. The fourth-order valence-corrected chi connectivity index (χ4v) is 4.37. The van der Waals surface area contributed by atoms with Crippen LogP contribution in [0.1, 0.15) is 38.5 Å². The molecule has 3 atom stereocenters. The lowest BCUT2D eigenvalue weighted by molar-refractivity contribution is -0.263. The van der Waals surface area contributed by atoms with Crippen LogP contribution in [0.3, 0.4) is 0 Å². The van der Waals surface area contributed by atoms with Crippen LogP contribution in [0.15, 0.2) is 0 Å². The normalized spacial score (nSPS) is 19.9. The van der Waals surface area contributed by atoms with Crippen molar-refractivity contribution in [2.45, 2.75) is 56.7 Å². The minimum absolute atomic E-state index is 0.0115. The summed E-state index contributed by atoms with van der Waals surface area (Å²) in [4.78, 5) is 59.6. The molecule has 36 heavy (non-hydrogen) atoms. The molecule has 15 heteroatoms. The molecular formula is C21H37N3O12. The Morgan fingerprint density at radius 2 is 1.08 bits per heavy atom. The fourth-order valence-electron chi connectivity index (χ4n) is 4.37. The molecule has 1 heterocycles. The lowest BCUT2D eigenvalue weighted by atomic mass is 10.1. The summed E-state index contributed by atoms with van der Waals surface area (Å²) in [5.74, 6) is -5.25. The Morgan fingerprint density at radius 1 is 0.639 bits per heavy atom. The highest BCUT2D eigenvalue weighted by Gasteiger charge is 2.32. The van der Waals surface area contributed by atoms with E-state index in [9.17, 15) is 34.5 Å². The second kappa shape index (κ2) is 17.1. The predicted molar refractivity (Wildman–Crippen MR) is 121 cm³/mol. The van der Waals surface area contributed by atoms with E-state index in [1.54, 1.807) is 0 Å². The minimum atomic E-state index is -1.40. The molecule has 15 nitrogen and oxygen atoms in total. The van der Waals surface area contributed by atoms with Crippen molar-refractivity contribution < 1.29 is 59.9 Å². The van der Waals surface area contributed by atoms with Crippen LogP contribution in [0.4, 0.5) is 0 Å². The van der Waals surface area contributed by atoms with E-state index in [0.29, 0.717) is 32.2 Å². The molecule has 0 spiro atoms. The monoisotopic (exact) mass is 523 g/mol. The second-order valence-corrected chi connectivity index (χ2v) is 8.64. The van der Waals surface area contributed by atoms with Gasteiger partial charge >= 0.3 is 23.9 Å². The van der Waals surface area contributed by atoms with Crippen molar-refractivity contribution in [2.24, 2.45) is 0 Å². The lowest BCUT2D eigenvalue weighted by Gasteiger charge is -2.37. The fraction of sp³-hybridized carbons (Fsp3) is 0.810. The van der Waals surface area contributed by atoms with E-state index in [1.807, 2.05) is 4.90 Å².